The molecule has 1 unspecified atom stereocenters. The minimum absolute atomic E-state index is 0.105. The zero-order chi connectivity index (χ0) is 14.8. The fourth-order valence-corrected chi connectivity index (χ4v) is 2.98. The molecular formula is C15H19F2NO2. The molecule has 0 aliphatic carbocycles. The first kappa shape index (κ1) is 14.9. The average Bonchev–Trinajstić information content (AvgIpc) is 2.72. The van der Waals surface area contributed by atoms with E-state index >= 15 is 0 Å². The Hall–Kier alpha value is -1.49. The lowest BCUT2D eigenvalue weighted by Gasteiger charge is -2.35. The van der Waals surface area contributed by atoms with Crippen molar-refractivity contribution in [2.45, 2.75) is 38.1 Å². The first-order valence-electron chi connectivity index (χ1n) is 6.81. The number of carboxylic acid groups (broad SMARTS) is 1. The largest absolute Gasteiger partial charge is 0.481 e. The summed E-state index contributed by atoms with van der Waals surface area (Å²) in [4.78, 5) is 12.8. The van der Waals surface area contributed by atoms with E-state index in [0.29, 0.717) is 13.0 Å². The average molecular weight is 283 g/mol. The van der Waals surface area contributed by atoms with Gasteiger partial charge in [-0.15, -0.1) is 0 Å². The van der Waals surface area contributed by atoms with Gasteiger partial charge in [0.15, 0.2) is 11.6 Å². The van der Waals surface area contributed by atoms with E-state index < -0.39 is 17.6 Å². The molecule has 1 aromatic rings. The zero-order valence-electron chi connectivity index (χ0n) is 11.5. The summed E-state index contributed by atoms with van der Waals surface area (Å²) in [6.45, 7) is 3.41. The van der Waals surface area contributed by atoms with Gasteiger partial charge in [0.1, 0.15) is 0 Å². The molecule has 1 fully saturated rings. The number of hydrogen-bond donors (Lipinski definition) is 1. The Balaban J connectivity index is 2.08. The molecule has 1 atom stereocenters. The second kappa shape index (κ2) is 5.87. The summed E-state index contributed by atoms with van der Waals surface area (Å²) in [6, 6.07) is 3.97. The third-order valence-corrected chi connectivity index (χ3v) is 4.07. The van der Waals surface area contributed by atoms with Crippen LogP contribution in [0.2, 0.25) is 0 Å². The number of carboxylic acids is 1. The molecule has 3 nitrogen and oxygen atoms in total. The summed E-state index contributed by atoms with van der Waals surface area (Å²) in [6.07, 6.45) is 2.64. The lowest BCUT2D eigenvalue weighted by atomic mass is 9.90. The quantitative estimate of drug-likeness (QED) is 0.903. The van der Waals surface area contributed by atoms with Gasteiger partial charge in [0.05, 0.1) is 6.42 Å². The number of nitrogens with zero attached hydrogens (tertiary/aromatic N) is 1. The molecule has 0 saturated carbocycles. The third-order valence-electron chi connectivity index (χ3n) is 4.07. The molecule has 0 spiro atoms. The molecule has 1 aliphatic heterocycles. The highest BCUT2D eigenvalue weighted by Crippen LogP contribution is 2.32. The van der Waals surface area contributed by atoms with Gasteiger partial charge in [-0.1, -0.05) is 6.07 Å². The molecule has 1 N–H and O–H groups in total. The molecule has 5 heteroatoms. The van der Waals surface area contributed by atoms with Gasteiger partial charge in [0.2, 0.25) is 0 Å². The molecule has 20 heavy (non-hydrogen) atoms. The Morgan fingerprint density at radius 3 is 2.80 bits per heavy atom. The molecular weight excluding hydrogens is 264 g/mol. The molecule has 0 amide bonds. The minimum atomic E-state index is -0.840. The van der Waals surface area contributed by atoms with E-state index in [0.717, 1.165) is 31.0 Å². The summed E-state index contributed by atoms with van der Waals surface area (Å²) < 4.78 is 26.2. The van der Waals surface area contributed by atoms with Crippen LogP contribution in [0.1, 0.15) is 31.7 Å². The van der Waals surface area contributed by atoms with Gasteiger partial charge in [-0.25, -0.2) is 8.78 Å². The highest BCUT2D eigenvalue weighted by Gasteiger charge is 2.36. The molecule has 2 rings (SSSR count). The van der Waals surface area contributed by atoms with E-state index in [9.17, 15) is 13.6 Å². The molecule has 1 aromatic carbocycles. The summed E-state index contributed by atoms with van der Waals surface area (Å²) in [5.74, 6) is -2.48. The van der Waals surface area contributed by atoms with Crippen LogP contribution in [0, 0.1) is 11.6 Å². The van der Waals surface area contributed by atoms with Gasteiger partial charge in [-0.2, -0.15) is 0 Å². The predicted molar refractivity (Wildman–Crippen MR) is 71.5 cm³/mol. The molecule has 0 radical (unpaired) electrons. The summed E-state index contributed by atoms with van der Waals surface area (Å²) in [7, 11) is 0. The van der Waals surface area contributed by atoms with Crippen molar-refractivity contribution in [2.75, 3.05) is 13.1 Å². The summed E-state index contributed by atoms with van der Waals surface area (Å²) >= 11 is 0. The highest BCUT2D eigenvalue weighted by molar-refractivity contribution is 5.66. The van der Waals surface area contributed by atoms with Crippen LogP contribution in [0.25, 0.3) is 0 Å². The van der Waals surface area contributed by atoms with Crippen LogP contribution in [0.5, 0.6) is 0 Å². The maximum atomic E-state index is 13.3. The van der Waals surface area contributed by atoms with Crippen molar-refractivity contribution in [3.05, 3.63) is 35.4 Å². The Bertz CT molecular complexity index is 507. The fraction of sp³-hybridized carbons (Fsp3) is 0.533. The molecule has 0 aromatic heterocycles. The molecule has 0 bridgehead atoms. The molecule has 1 saturated heterocycles. The van der Waals surface area contributed by atoms with Crippen molar-refractivity contribution < 1.29 is 18.7 Å². The minimum Gasteiger partial charge on any atom is -0.481 e. The monoisotopic (exact) mass is 283 g/mol. The van der Waals surface area contributed by atoms with E-state index in [4.69, 9.17) is 5.11 Å². The van der Waals surface area contributed by atoms with E-state index in [-0.39, 0.29) is 12.0 Å². The van der Waals surface area contributed by atoms with Gasteiger partial charge in [-0.3, -0.25) is 9.69 Å². The number of benzene rings is 1. The van der Waals surface area contributed by atoms with Crippen molar-refractivity contribution in [1.29, 1.82) is 0 Å². The normalized spacial score (nSPS) is 23.1. The van der Waals surface area contributed by atoms with Gasteiger partial charge in [-0.05, 0) is 50.4 Å². The molecule has 110 valence electrons. The van der Waals surface area contributed by atoms with Gasteiger partial charge >= 0.3 is 5.97 Å². The Morgan fingerprint density at radius 2 is 2.15 bits per heavy atom. The van der Waals surface area contributed by atoms with Gasteiger partial charge in [0, 0.05) is 12.1 Å². The Morgan fingerprint density at radius 1 is 1.40 bits per heavy atom. The predicted octanol–water partition coefficient (Wildman–Crippen LogP) is 2.84. The first-order valence-corrected chi connectivity index (χ1v) is 6.81. The lowest BCUT2D eigenvalue weighted by molar-refractivity contribution is -0.137. The van der Waals surface area contributed by atoms with Crippen LogP contribution in [0.15, 0.2) is 18.2 Å². The van der Waals surface area contributed by atoms with Crippen LogP contribution in [-0.2, 0) is 11.2 Å². The van der Waals surface area contributed by atoms with Gasteiger partial charge < -0.3 is 5.11 Å². The highest BCUT2D eigenvalue weighted by atomic mass is 19.2. The Kier molecular flexibility index (Phi) is 4.38. The van der Waals surface area contributed by atoms with Crippen molar-refractivity contribution in [2.24, 2.45) is 0 Å². The number of aliphatic carboxylic acids is 1. The van der Waals surface area contributed by atoms with Crippen molar-refractivity contribution >= 4 is 5.97 Å². The number of halogens is 2. The maximum Gasteiger partial charge on any atom is 0.304 e. The van der Waals surface area contributed by atoms with E-state index in [1.54, 1.807) is 6.07 Å². The van der Waals surface area contributed by atoms with Gasteiger partial charge in [0.25, 0.3) is 0 Å². The number of likely N-dealkylation sites (tertiary alicyclic amines) is 1. The number of hydrogen-bond acceptors (Lipinski definition) is 2. The SMILES string of the molecule is CC1(Cc2ccc(F)c(F)c2)CCCN1CCC(=O)O. The van der Waals surface area contributed by atoms with E-state index in [2.05, 4.69) is 11.8 Å². The van der Waals surface area contributed by atoms with Crippen LogP contribution < -0.4 is 0 Å². The molecule has 1 aliphatic rings. The van der Waals surface area contributed by atoms with Crippen LogP contribution in [-0.4, -0.2) is 34.6 Å². The van der Waals surface area contributed by atoms with Crippen molar-refractivity contribution in [3.8, 4) is 0 Å². The lowest BCUT2D eigenvalue weighted by Crippen LogP contribution is -2.43. The number of rotatable bonds is 5. The first-order chi connectivity index (χ1) is 9.40. The van der Waals surface area contributed by atoms with Crippen molar-refractivity contribution in [3.63, 3.8) is 0 Å². The molecule has 1 heterocycles. The Labute approximate surface area is 117 Å². The fourth-order valence-electron chi connectivity index (χ4n) is 2.98. The van der Waals surface area contributed by atoms with Crippen LogP contribution in [0.3, 0.4) is 0 Å². The maximum absolute atomic E-state index is 13.3. The van der Waals surface area contributed by atoms with E-state index in [1.165, 1.54) is 6.07 Å². The zero-order valence-corrected chi connectivity index (χ0v) is 11.5. The smallest absolute Gasteiger partial charge is 0.304 e. The standard InChI is InChI=1S/C15H19F2NO2/c1-15(6-2-7-18(15)8-5-14(19)20)10-11-3-4-12(16)13(17)9-11/h3-4,9H,2,5-8,10H2,1H3,(H,19,20). The topological polar surface area (TPSA) is 40.5 Å². The summed E-state index contributed by atoms with van der Waals surface area (Å²) in [5.41, 5.74) is 0.563. The van der Waals surface area contributed by atoms with Crippen LogP contribution in [0.4, 0.5) is 8.78 Å². The second-order valence-electron chi connectivity index (χ2n) is 5.66. The number of carbonyl (C=O) groups is 1. The third kappa shape index (κ3) is 3.33. The van der Waals surface area contributed by atoms with Crippen LogP contribution >= 0.6 is 0 Å². The van der Waals surface area contributed by atoms with E-state index in [1.807, 2.05) is 0 Å². The van der Waals surface area contributed by atoms with Crippen molar-refractivity contribution in [1.82, 2.24) is 4.90 Å². The summed E-state index contributed by atoms with van der Waals surface area (Å²) in [5, 5.41) is 8.78. The second-order valence-corrected chi connectivity index (χ2v) is 5.66.